The Kier molecular flexibility index (Phi) is 6.76. The molecule has 2 rings (SSSR count). The van der Waals surface area contributed by atoms with Crippen LogP contribution in [0.25, 0.3) is 6.08 Å². The van der Waals surface area contributed by atoms with Crippen molar-refractivity contribution in [1.29, 1.82) is 0 Å². The first-order chi connectivity index (χ1) is 11.9. The summed E-state index contributed by atoms with van der Waals surface area (Å²) in [6, 6.07) is 9.48. The molecule has 0 unspecified atom stereocenters. The molecule has 0 saturated carbocycles. The minimum atomic E-state index is -0.544. The lowest BCUT2D eigenvalue weighted by molar-refractivity contribution is -0.665. The van der Waals surface area contributed by atoms with Crippen LogP contribution < -0.4 is 5.32 Å². The molecule has 25 heavy (non-hydrogen) atoms. The zero-order chi connectivity index (χ0) is 18.3. The van der Waals surface area contributed by atoms with Crippen LogP contribution in [0.1, 0.15) is 39.2 Å². The number of hydrogen-bond acceptors (Lipinski definition) is 4. The lowest BCUT2D eigenvalue weighted by atomic mass is 9.83. The van der Waals surface area contributed by atoms with E-state index in [9.17, 15) is 9.59 Å². The average molecular weight is 346 g/mol. The highest BCUT2D eigenvalue weighted by atomic mass is 16.6. The summed E-state index contributed by atoms with van der Waals surface area (Å²) in [6.45, 7) is 7.29. The first-order valence-electron chi connectivity index (χ1n) is 8.82. The summed E-state index contributed by atoms with van der Waals surface area (Å²) in [5.74, 6) is -0.508. The predicted molar refractivity (Wildman–Crippen MR) is 95.6 cm³/mol. The SMILES string of the molecule is CC(=O)OC/C(=C\c1ccccc1)C(=O)OC(C)(C)C1CC[NH2+]CC1. The Morgan fingerprint density at radius 1 is 1.20 bits per heavy atom. The molecule has 1 aromatic carbocycles. The number of nitrogens with two attached hydrogens (primary N) is 1. The van der Waals surface area contributed by atoms with Gasteiger partial charge in [0.25, 0.3) is 0 Å². The zero-order valence-electron chi connectivity index (χ0n) is 15.3. The molecule has 5 nitrogen and oxygen atoms in total. The van der Waals surface area contributed by atoms with E-state index < -0.39 is 17.5 Å². The van der Waals surface area contributed by atoms with E-state index >= 15 is 0 Å². The molecule has 1 aliphatic heterocycles. The van der Waals surface area contributed by atoms with Crippen LogP contribution in [0.5, 0.6) is 0 Å². The molecule has 2 N–H and O–H groups in total. The molecular formula is C20H28NO4+. The third-order valence-electron chi connectivity index (χ3n) is 4.61. The van der Waals surface area contributed by atoms with E-state index in [0.717, 1.165) is 31.5 Å². The fourth-order valence-corrected chi connectivity index (χ4v) is 3.10. The number of ether oxygens (including phenoxy) is 2. The lowest BCUT2D eigenvalue weighted by Crippen LogP contribution is -2.86. The first-order valence-corrected chi connectivity index (χ1v) is 8.82. The van der Waals surface area contributed by atoms with Crippen LogP contribution in [0.3, 0.4) is 0 Å². The third kappa shape index (κ3) is 6.02. The minimum Gasteiger partial charge on any atom is -0.461 e. The Balaban J connectivity index is 2.13. The van der Waals surface area contributed by atoms with Crippen LogP contribution in [0.4, 0.5) is 0 Å². The minimum absolute atomic E-state index is 0.0857. The van der Waals surface area contributed by atoms with Crippen LogP contribution in [0.15, 0.2) is 35.9 Å². The molecule has 0 bridgehead atoms. The number of rotatable bonds is 6. The summed E-state index contributed by atoms with van der Waals surface area (Å²) in [4.78, 5) is 23.9. The topological polar surface area (TPSA) is 69.2 Å². The molecule has 136 valence electrons. The third-order valence-corrected chi connectivity index (χ3v) is 4.61. The molecular weight excluding hydrogens is 318 g/mol. The zero-order valence-corrected chi connectivity index (χ0v) is 15.3. The molecule has 5 heteroatoms. The van der Waals surface area contributed by atoms with Crippen molar-refractivity contribution in [3.05, 3.63) is 41.5 Å². The van der Waals surface area contributed by atoms with Gasteiger partial charge in [0.15, 0.2) is 0 Å². The number of carbonyl (C=O) groups is 2. The van der Waals surface area contributed by atoms with E-state index in [1.807, 2.05) is 44.2 Å². The molecule has 1 fully saturated rings. The van der Waals surface area contributed by atoms with E-state index in [-0.39, 0.29) is 6.61 Å². The van der Waals surface area contributed by atoms with Crippen molar-refractivity contribution in [2.75, 3.05) is 19.7 Å². The molecule has 1 heterocycles. The molecule has 0 spiro atoms. The van der Waals surface area contributed by atoms with Crippen LogP contribution >= 0.6 is 0 Å². The van der Waals surface area contributed by atoms with Gasteiger partial charge in [-0.3, -0.25) is 4.79 Å². The van der Waals surface area contributed by atoms with E-state index in [1.165, 1.54) is 6.92 Å². The molecule has 0 aromatic heterocycles. The maximum atomic E-state index is 12.7. The fraction of sp³-hybridized carbons (Fsp3) is 0.500. The van der Waals surface area contributed by atoms with Crippen molar-refractivity contribution in [2.24, 2.45) is 5.92 Å². The highest BCUT2D eigenvalue weighted by Crippen LogP contribution is 2.29. The Hall–Kier alpha value is -2.14. The summed E-state index contributed by atoms with van der Waals surface area (Å²) in [5.41, 5.74) is 0.667. The van der Waals surface area contributed by atoms with Crippen LogP contribution in [0.2, 0.25) is 0 Å². The van der Waals surface area contributed by atoms with Gasteiger partial charge in [-0.15, -0.1) is 0 Å². The monoisotopic (exact) mass is 346 g/mol. The largest absolute Gasteiger partial charge is 0.461 e. The summed E-state index contributed by atoms with van der Waals surface area (Å²) >= 11 is 0. The Morgan fingerprint density at radius 2 is 1.84 bits per heavy atom. The van der Waals surface area contributed by atoms with E-state index in [4.69, 9.17) is 9.47 Å². The van der Waals surface area contributed by atoms with Crippen molar-refractivity contribution in [1.82, 2.24) is 0 Å². The highest BCUT2D eigenvalue weighted by Gasteiger charge is 2.36. The summed E-state index contributed by atoms with van der Waals surface area (Å²) < 4.78 is 10.9. The van der Waals surface area contributed by atoms with Gasteiger partial charge in [0.2, 0.25) is 0 Å². The molecule has 1 saturated heterocycles. The summed E-state index contributed by atoms with van der Waals surface area (Å²) in [5, 5.41) is 2.29. The Bertz CT molecular complexity index is 616. The van der Waals surface area contributed by atoms with Crippen LogP contribution in [-0.2, 0) is 19.1 Å². The molecule has 0 radical (unpaired) electrons. The summed E-state index contributed by atoms with van der Waals surface area (Å²) in [6.07, 6.45) is 3.78. The standard InChI is InChI=1S/C20H27NO4/c1-15(22)24-14-17(13-16-7-5-4-6-8-16)19(23)25-20(2,3)18-9-11-21-12-10-18/h4-8,13,18,21H,9-12,14H2,1-3H3/p+1/b17-13+. The van der Waals surface area contributed by atoms with Gasteiger partial charge in [-0.05, 0) is 25.5 Å². The maximum Gasteiger partial charge on any atom is 0.338 e. The maximum absolute atomic E-state index is 12.7. The van der Waals surface area contributed by atoms with Crippen molar-refractivity contribution in [2.45, 2.75) is 39.2 Å². The van der Waals surface area contributed by atoms with E-state index in [1.54, 1.807) is 6.08 Å². The molecule has 0 aliphatic carbocycles. The quantitative estimate of drug-likeness (QED) is 0.631. The molecule has 0 amide bonds. The number of esters is 2. The fourth-order valence-electron chi connectivity index (χ4n) is 3.10. The van der Waals surface area contributed by atoms with Crippen molar-refractivity contribution in [3.63, 3.8) is 0 Å². The molecule has 0 atom stereocenters. The smallest absolute Gasteiger partial charge is 0.338 e. The number of carbonyl (C=O) groups excluding carboxylic acids is 2. The molecule has 1 aromatic rings. The predicted octanol–water partition coefficient (Wildman–Crippen LogP) is 1.93. The second-order valence-electron chi connectivity index (χ2n) is 6.99. The van der Waals surface area contributed by atoms with Crippen molar-refractivity contribution >= 4 is 18.0 Å². The van der Waals surface area contributed by atoms with Gasteiger partial charge in [0.1, 0.15) is 12.2 Å². The van der Waals surface area contributed by atoms with Gasteiger partial charge < -0.3 is 14.8 Å². The van der Waals surface area contributed by atoms with Crippen molar-refractivity contribution in [3.8, 4) is 0 Å². The normalized spacial score (nSPS) is 16.4. The Morgan fingerprint density at radius 3 is 2.44 bits per heavy atom. The second kappa shape index (κ2) is 8.81. The van der Waals surface area contributed by atoms with Crippen molar-refractivity contribution < 1.29 is 24.4 Å². The van der Waals surface area contributed by atoms with Gasteiger partial charge in [-0.1, -0.05) is 30.3 Å². The first kappa shape index (κ1) is 19.2. The number of quaternary nitrogens is 1. The molecule has 1 aliphatic rings. The van der Waals surface area contributed by atoms with E-state index in [0.29, 0.717) is 11.5 Å². The van der Waals surface area contributed by atoms with Gasteiger partial charge in [-0.2, -0.15) is 0 Å². The van der Waals surface area contributed by atoms with Gasteiger partial charge in [-0.25, -0.2) is 4.79 Å². The number of piperidine rings is 1. The average Bonchev–Trinajstić information content (AvgIpc) is 2.59. The highest BCUT2D eigenvalue weighted by molar-refractivity contribution is 5.94. The van der Waals surface area contributed by atoms with Gasteiger partial charge in [0.05, 0.1) is 18.7 Å². The lowest BCUT2D eigenvalue weighted by Gasteiger charge is -2.35. The second-order valence-corrected chi connectivity index (χ2v) is 6.99. The van der Waals surface area contributed by atoms with Gasteiger partial charge >= 0.3 is 11.9 Å². The van der Waals surface area contributed by atoms with Crippen LogP contribution in [0, 0.1) is 5.92 Å². The summed E-state index contributed by atoms with van der Waals surface area (Å²) in [7, 11) is 0. The number of hydrogen-bond donors (Lipinski definition) is 1. The number of benzene rings is 1. The van der Waals surface area contributed by atoms with E-state index in [2.05, 4.69) is 5.32 Å². The van der Waals surface area contributed by atoms with Crippen LogP contribution in [-0.4, -0.2) is 37.2 Å². The Labute approximate surface area is 149 Å². The van der Waals surface area contributed by atoms with Gasteiger partial charge in [0, 0.05) is 25.7 Å².